The molecular weight excluding hydrogens is 408 g/mol. The summed E-state index contributed by atoms with van der Waals surface area (Å²) in [5, 5.41) is 13.2. The molecule has 0 aromatic carbocycles. The quantitative estimate of drug-likeness (QED) is 0.498. The Morgan fingerprint density at radius 3 is 2.66 bits per heavy atom. The SMILES string of the molecule is CCCC1(C(F)F)C(CC)CCC2C3CCC(C(=O)Cn4cc(C#N)cn4)C3(C)CCC21. The molecule has 4 nitrogen and oxygen atoms in total. The molecule has 7 atom stereocenters. The van der Waals surface area contributed by atoms with Gasteiger partial charge in [0.05, 0.1) is 18.3 Å². The first-order chi connectivity index (χ1) is 15.3. The number of carbonyl (C=O) groups excluding carboxylic acids is 1. The van der Waals surface area contributed by atoms with E-state index in [1.807, 2.05) is 6.92 Å². The molecule has 0 N–H and O–H groups in total. The van der Waals surface area contributed by atoms with Crippen LogP contribution >= 0.6 is 0 Å². The lowest BCUT2D eigenvalue weighted by Gasteiger charge is -2.59. The highest BCUT2D eigenvalue weighted by Gasteiger charge is 2.63. The Labute approximate surface area is 190 Å². The molecule has 3 aliphatic carbocycles. The molecule has 176 valence electrons. The van der Waals surface area contributed by atoms with Crippen molar-refractivity contribution < 1.29 is 13.6 Å². The van der Waals surface area contributed by atoms with E-state index >= 15 is 0 Å². The third-order valence-electron chi connectivity index (χ3n) is 9.79. The first-order valence-electron chi connectivity index (χ1n) is 12.5. The van der Waals surface area contributed by atoms with E-state index in [0.29, 0.717) is 23.8 Å². The smallest absolute Gasteiger partial charge is 0.244 e. The normalized spacial score (nSPS) is 38.8. The van der Waals surface area contributed by atoms with Gasteiger partial charge < -0.3 is 0 Å². The molecule has 0 bridgehead atoms. The Bertz CT molecular complexity index is 877. The fourth-order valence-corrected chi connectivity index (χ4v) is 8.48. The number of nitriles is 1. The number of rotatable bonds is 7. The number of alkyl halides is 2. The van der Waals surface area contributed by atoms with Crippen LogP contribution in [0.2, 0.25) is 0 Å². The predicted octanol–water partition coefficient (Wildman–Crippen LogP) is 6.25. The number of aromatic nitrogens is 2. The van der Waals surface area contributed by atoms with Gasteiger partial charge in [-0.25, -0.2) is 8.78 Å². The van der Waals surface area contributed by atoms with Gasteiger partial charge in [0.15, 0.2) is 5.78 Å². The number of hydrogen-bond acceptors (Lipinski definition) is 3. The van der Waals surface area contributed by atoms with Gasteiger partial charge in [-0.2, -0.15) is 10.4 Å². The second-order valence-corrected chi connectivity index (χ2v) is 10.9. The number of carbonyl (C=O) groups is 1. The molecule has 0 saturated heterocycles. The second-order valence-electron chi connectivity index (χ2n) is 10.9. The van der Waals surface area contributed by atoms with Crippen molar-refractivity contribution in [3.63, 3.8) is 0 Å². The van der Waals surface area contributed by atoms with Gasteiger partial charge in [0.2, 0.25) is 6.43 Å². The van der Waals surface area contributed by atoms with Crippen LogP contribution in [0.4, 0.5) is 8.78 Å². The number of hydrogen-bond donors (Lipinski definition) is 0. The van der Waals surface area contributed by atoms with Crippen LogP contribution in [0.1, 0.15) is 84.1 Å². The van der Waals surface area contributed by atoms with Gasteiger partial charge in [-0.05, 0) is 74.0 Å². The molecule has 7 unspecified atom stereocenters. The summed E-state index contributed by atoms with van der Waals surface area (Å²) in [6, 6.07) is 2.05. The number of ketones is 1. The average Bonchev–Trinajstić information content (AvgIpc) is 3.37. The fraction of sp³-hybridized carbons (Fsp3) is 0.808. The summed E-state index contributed by atoms with van der Waals surface area (Å²) in [7, 11) is 0. The first-order valence-corrected chi connectivity index (χ1v) is 12.5. The highest BCUT2D eigenvalue weighted by molar-refractivity contribution is 5.82. The molecule has 3 saturated carbocycles. The van der Waals surface area contributed by atoms with Crippen LogP contribution in [-0.4, -0.2) is 22.0 Å². The topological polar surface area (TPSA) is 58.7 Å². The van der Waals surface area contributed by atoms with Crippen molar-refractivity contribution in [3.8, 4) is 6.07 Å². The van der Waals surface area contributed by atoms with E-state index in [1.54, 1.807) is 10.9 Å². The standard InChI is InChI=1S/C26H37F2N3O/c1-4-11-26(24(27)28)18(5-2)6-7-19-20-8-9-22(25(20,3)12-10-21(19)26)23(32)16-31-15-17(13-29)14-30-31/h14-15,18-22,24H,4-12,16H2,1-3H3. The molecule has 1 aromatic rings. The molecule has 32 heavy (non-hydrogen) atoms. The molecule has 0 spiro atoms. The van der Waals surface area contributed by atoms with Crippen molar-refractivity contribution in [1.82, 2.24) is 9.78 Å². The van der Waals surface area contributed by atoms with Crippen molar-refractivity contribution in [2.75, 3.05) is 0 Å². The average molecular weight is 446 g/mol. The van der Waals surface area contributed by atoms with E-state index in [0.717, 1.165) is 51.4 Å². The van der Waals surface area contributed by atoms with Gasteiger partial charge in [0.1, 0.15) is 6.07 Å². The van der Waals surface area contributed by atoms with Crippen LogP contribution in [0.25, 0.3) is 0 Å². The summed E-state index contributed by atoms with van der Waals surface area (Å²) in [5.41, 5.74) is -0.498. The highest BCUT2D eigenvalue weighted by atomic mass is 19.3. The third-order valence-corrected chi connectivity index (χ3v) is 9.79. The molecular formula is C26H37F2N3O. The Kier molecular flexibility index (Phi) is 6.49. The fourth-order valence-electron chi connectivity index (χ4n) is 8.48. The Morgan fingerprint density at radius 2 is 2.03 bits per heavy atom. The zero-order valence-corrected chi connectivity index (χ0v) is 19.7. The van der Waals surface area contributed by atoms with Gasteiger partial charge in [0, 0.05) is 17.5 Å². The highest BCUT2D eigenvalue weighted by Crippen LogP contribution is 2.67. The van der Waals surface area contributed by atoms with E-state index in [9.17, 15) is 13.6 Å². The van der Waals surface area contributed by atoms with Gasteiger partial charge in [-0.1, -0.05) is 33.6 Å². The van der Waals surface area contributed by atoms with Gasteiger partial charge >= 0.3 is 0 Å². The molecule has 3 fully saturated rings. The third kappa shape index (κ3) is 3.51. The number of halogens is 2. The molecule has 6 heteroatoms. The number of nitrogens with zero attached hydrogens (tertiary/aromatic N) is 3. The molecule has 0 aliphatic heterocycles. The Hall–Kier alpha value is -1.77. The maximum atomic E-state index is 14.8. The minimum absolute atomic E-state index is 0.0424. The molecule has 4 rings (SSSR count). The minimum atomic E-state index is -2.27. The summed E-state index contributed by atoms with van der Waals surface area (Å²) >= 11 is 0. The van der Waals surface area contributed by atoms with Crippen molar-refractivity contribution in [2.24, 2.45) is 40.4 Å². The lowest BCUT2D eigenvalue weighted by atomic mass is 9.45. The van der Waals surface area contributed by atoms with Crippen molar-refractivity contribution >= 4 is 5.78 Å². The van der Waals surface area contributed by atoms with Crippen LogP contribution in [-0.2, 0) is 11.3 Å². The molecule has 1 heterocycles. The van der Waals surface area contributed by atoms with Crippen LogP contribution in [0.5, 0.6) is 0 Å². The van der Waals surface area contributed by atoms with E-state index in [-0.39, 0.29) is 35.5 Å². The van der Waals surface area contributed by atoms with E-state index in [4.69, 9.17) is 5.26 Å². The molecule has 1 aromatic heterocycles. The summed E-state index contributed by atoms with van der Waals surface area (Å²) in [6.45, 7) is 6.58. The predicted molar refractivity (Wildman–Crippen MR) is 119 cm³/mol. The lowest BCUT2D eigenvalue weighted by Crippen LogP contribution is -2.56. The largest absolute Gasteiger partial charge is 0.297 e. The monoisotopic (exact) mass is 445 g/mol. The zero-order chi connectivity index (χ0) is 23.1. The first kappa shape index (κ1) is 23.4. The Balaban J connectivity index is 1.57. The second kappa shape index (κ2) is 8.88. The van der Waals surface area contributed by atoms with E-state index in [2.05, 4.69) is 25.0 Å². The van der Waals surface area contributed by atoms with E-state index in [1.165, 1.54) is 6.20 Å². The van der Waals surface area contributed by atoms with Crippen LogP contribution < -0.4 is 0 Å². The van der Waals surface area contributed by atoms with Crippen molar-refractivity contribution in [1.29, 1.82) is 5.26 Å². The van der Waals surface area contributed by atoms with Crippen LogP contribution in [0.15, 0.2) is 12.4 Å². The zero-order valence-electron chi connectivity index (χ0n) is 19.7. The molecule has 0 radical (unpaired) electrons. The number of Topliss-reactive ketones (excluding diaryl/α,β-unsaturated/α-hetero) is 1. The van der Waals surface area contributed by atoms with Crippen LogP contribution in [0.3, 0.4) is 0 Å². The lowest BCUT2D eigenvalue weighted by molar-refractivity contribution is -0.175. The summed E-state index contributed by atoms with van der Waals surface area (Å²) in [6.07, 6.45) is 8.56. The van der Waals surface area contributed by atoms with Crippen molar-refractivity contribution in [2.45, 2.75) is 91.5 Å². The summed E-state index contributed by atoms with van der Waals surface area (Å²) < 4.78 is 31.2. The van der Waals surface area contributed by atoms with Gasteiger partial charge in [-0.3, -0.25) is 9.48 Å². The number of fused-ring (bicyclic) bond motifs is 3. The maximum Gasteiger partial charge on any atom is 0.244 e. The van der Waals surface area contributed by atoms with Gasteiger partial charge in [0.25, 0.3) is 0 Å². The summed E-state index contributed by atoms with van der Waals surface area (Å²) in [5.74, 6) is 0.995. The maximum absolute atomic E-state index is 14.8. The summed E-state index contributed by atoms with van der Waals surface area (Å²) in [4.78, 5) is 13.3. The van der Waals surface area contributed by atoms with Crippen molar-refractivity contribution in [3.05, 3.63) is 18.0 Å². The van der Waals surface area contributed by atoms with Gasteiger partial charge in [-0.15, -0.1) is 0 Å². The minimum Gasteiger partial charge on any atom is -0.297 e. The van der Waals surface area contributed by atoms with E-state index < -0.39 is 11.8 Å². The molecule has 0 amide bonds. The molecule has 3 aliphatic rings. The van der Waals surface area contributed by atoms with Crippen LogP contribution in [0, 0.1) is 51.8 Å². The Morgan fingerprint density at radius 1 is 1.25 bits per heavy atom.